The summed E-state index contributed by atoms with van der Waals surface area (Å²) in [5, 5.41) is 8.08. The second kappa shape index (κ2) is 6.53. The van der Waals surface area contributed by atoms with E-state index in [0.29, 0.717) is 25.1 Å². The largest absolute Gasteiger partial charge is 0.383 e. The average Bonchev–Trinajstić information content (AvgIpc) is 2.83. The third kappa shape index (κ3) is 3.00. The number of hydrogen-bond donors (Lipinski definition) is 0. The van der Waals surface area contributed by atoms with Gasteiger partial charge in [0.05, 0.1) is 18.8 Å². The molecule has 0 saturated carbocycles. The Morgan fingerprint density at radius 2 is 2.30 bits per heavy atom. The van der Waals surface area contributed by atoms with Crippen LogP contribution in [0.25, 0.3) is 11.3 Å². The summed E-state index contributed by atoms with van der Waals surface area (Å²) in [7, 11) is 1.55. The molecule has 8 heteroatoms. The Morgan fingerprint density at radius 1 is 1.50 bits per heavy atom. The van der Waals surface area contributed by atoms with Crippen LogP contribution in [0.1, 0.15) is 5.69 Å². The fraction of sp³-hybridized carbons (Fsp3) is 0.333. The summed E-state index contributed by atoms with van der Waals surface area (Å²) in [5.74, 6) is -0.680. The summed E-state index contributed by atoms with van der Waals surface area (Å²) in [6.45, 7) is 0.816. The van der Waals surface area contributed by atoms with E-state index in [1.165, 1.54) is 17.1 Å². The lowest BCUT2D eigenvalue weighted by atomic mass is 10.1. The molecule has 0 aliphatic rings. The third-order valence-electron chi connectivity index (χ3n) is 2.60. The second-order valence-electron chi connectivity index (χ2n) is 3.92. The smallest absolute Gasteiger partial charge is 0.169 e. The van der Waals surface area contributed by atoms with E-state index < -0.39 is 5.82 Å². The monoisotopic (exact) mass is 298 g/mol. The number of ether oxygens (including phenoxy) is 1. The zero-order valence-corrected chi connectivity index (χ0v) is 11.5. The van der Waals surface area contributed by atoms with Gasteiger partial charge in [0.1, 0.15) is 12.0 Å². The maximum Gasteiger partial charge on any atom is 0.169 e. The Kier molecular flexibility index (Phi) is 4.75. The average molecular weight is 299 g/mol. The lowest BCUT2D eigenvalue weighted by Gasteiger charge is -2.01. The number of hydrogen-bond acceptors (Lipinski definition) is 5. The minimum atomic E-state index is -0.680. The molecule has 2 aromatic heterocycles. The van der Waals surface area contributed by atoms with Crippen LogP contribution < -0.4 is 0 Å². The van der Waals surface area contributed by atoms with Crippen LogP contribution in [0.3, 0.4) is 0 Å². The molecule has 0 aliphatic carbocycles. The van der Waals surface area contributed by atoms with Crippen molar-refractivity contribution in [1.29, 1.82) is 0 Å². The van der Waals surface area contributed by atoms with Crippen molar-refractivity contribution in [2.75, 3.05) is 13.7 Å². The van der Waals surface area contributed by atoms with Crippen molar-refractivity contribution in [1.82, 2.24) is 20.0 Å². The Balaban J connectivity index is 2.45. The molecule has 0 atom stereocenters. The SMILES string of the molecule is COCCn1nc(CC=O)c(-c2ccnc(Cl)c2F)n1. The number of pyridine rings is 1. The van der Waals surface area contributed by atoms with Gasteiger partial charge in [0.15, 0.2) is 11.0 Å². The summed E-state index contributed by atoms with van der Waals surface area (Å²) in [6, 6.07) is 1.44. The Bertz CT molecular complexity index is 617. The predicted molar refractivity (Wildman–Crippen MR) is 69.9 cm³/mol. The lowest BCUT2D eigenvalue weighted by molar-refractivity contribution is -0.107. The number of carbonyl (C=O) groups excluding carboxylic acids is 1. The lowest BCUT2D eigenvalue weighted by Crippen LogP contribution is -2.07. The van der Waals surface area contributed by atoms with Crippen LogP contribution in [0.2, 0.25) is 5.15 Å². The Hall–Kier alpha value is -1.86. The number of aromatic nitrogens is 4. The van der Waals surface area contributed by atoms with Crippen molar-refractivity contribution in [3.05, 3.63) is 28.9 Å². The summed E-state index contributed by atoms with van der Waals surface area (Å²) < 4.78 is 18.9. The van der Waals surface area contributed by atoms with Crippen molar-refractivity contribution in [3.63, 3.8) is 0 Å². The van der Waals surface area contributed by atoms with E-state index in [0.717, 1.165) is 0 Å². The molecule has 0 radical (unpaired) electrons. The minimum absolute atomic E-state index is 0.0434. The summed E-state index contributed by atoms with van der Waals surface area (Å²) in [5.41, 5.74) is 0.845. The van der Waals surface area contributed by atoms with Gasteiger partial charge in [-0.3, -0.25) is 0 Å². The maximum absolute atomic E-state index is 14.0. The summed E-state index contributed by atoms with van der Waals surface area (Å²) >= 11 is 5.65. The first-order chi connectivity index (χ1) is 9.67. The van der Waals surface area contributed by atoms with Gasteiger partial charge in [0.2, 0.25) is 0 Å². The van der Waals surface area contributed by atoms with Gasteiger partial charge in [-0.05, 0) is 6.07 Å². The van der Waals surface area contributed by atoms with E-state index in [4.69, 9.17) is 16.3 Å². The molecule has 2 rings (SSSR count). The quantitative estimate of drug-likeness (QED) is 0.597. The van der Waals surface area contributed by atoms with Gasteiger partial charge in [-0.1, -0.05) is 11.6 Å². The number of nitrogens with zero attached hydrogens (tertiary/aromatic N) is 4. The highest BCUT2D eigenvalue weighted by atomic mass is 35.5. The molecule has 106 valence electrons. The first-order valence-electron chi connectivity index (χ1n) is 5.84. The number of aldehydes is 1. The van der Waals surface area contributed by atoms with E-state index in [1.807, 2.05) is 0 Å². The van der Waals surface area contributed by atoms with Crippen molar-refractivity contribution in [2.45, 2.75) is 13.0 Å². The zero-order valence-electron chi connectivity index (χ0n) is 10.7. The Morgan fingerprint density at radius 3 is 3.00 bits per heavy atom. The van der Waals surface area contributed by atoms with Gasteiger partial charge >= 0.3 is 0 Å². The molecule has 0 aliphatic heterocycles. The molecular weight excluding hydrogens is 287 g/mol. The van der Waals surface area contributed by atoms with Crippen LogP contribution in [0.15, 0.2) is 12.3 Å². The fourth-order valence-corrected chi connectivity index (χ4v) is 1.84. The third-order valence-corrected chi connectivity index (χ3v) is 2.86. The second-order valence-corrected chi connectivity index (χ2v) is 4.28. The van der Waals surface area contributed by atoms with Gasteiger partial charge in [0.25, 0.3) is 0 Å². The number of methoxy groups -OCH3 is 1. The fourth-order valence-electron chi connectivity index (χ4n) is 1.68. The molecule has 0 N–H and O–H groups in total. The standard InChI is InChI=1S/C12H12ClFN4O2/c1-20-7-5-18-16-9(3-6-19)11(17-18)8-2-4-15-12(13)10(8)14/h2,4,6H,3,5,7H2,1H3. The van der Waals surface area contributed by atoms with Gasteiger partial charge < -0.3 is 9.53 Å². The van der Waals surface area contributed by atoms with E-state index >= 15 is 0 Å². The van der Waals surface area contributed by atoms with Crippen molar-refractivity contribution >= 4 is 17.9 Å². The molecular formula is C12H12ClFN4O2. The van der Waals surface area contributed by atoms with E-state index in [2.05, 4.69) is 15.2 Å². The first-order valence-corrected chi connectivity index (χ1v) is 6.22. The highest BCUT2D eigenvalue weighted by Crippen LogP contribution is 2.26. The molecule has 0 saturated heterocycles. The van der Waals surface area contributed by atoms with E-state index in [-0.39, 0.29) is 22.8 Å². The predicted octanol–water partition coefficient (Wildman–Crippen LogP) is 1.52. The highest BCUT2D eigenvalue weighted by molar-refractivity contribution is 6.29. The molecule has 6 nitrogen and oxygen atoms in total. The van der Waals surface area contributed by atoms with Crippen molar-refractivity contribution in [3.8, 4) is 11.3 Å². The summed E-state index contributed by atoms with van der Waals surface area (Å²) in [6.07, 6.45) is 2.11. The number of halogens is 2. The molecule has 20 heavy (non-hydrogen) atoms. The molecule has 0 bridgehead atoms. The highest BCUT2D eigenvalue weighted by Gasteiger charge is 2.18. The van der Waals surface area contributed by atoms with Gasteiger partial charge in [-0.15, -0.1) is 0 Å². The maximum atomic E-state index is 14.0. The Labute approximate surface area is 119 Å². The van der Waals surface area contributed by atoms with Crippen molar-refractivity contribution < 1.29 is 13.9 Å². The van der Waals surface area contributed by atoms with Crippen LogP contribution >= 0.6 is 11.6 Å². The van der Waals surface area contributed by atoms with Gasteiger partial charge in [-0.25, -0.2) is 9.37 Å². The van der Waals surface area contributed by atoms with Crippen LogP contribution in [0.5, 0.6) is 0 Å². The van der Waals surface area contributed by atoms with Gasteiger partial charge in [0, 0.05) is 25.3 Å². The van der Waals surface area contributed by atoms with Crippen LogP contribution in [-0.4, -0.2) is 40.0 Å². The summed E-state index contributed by atoms with van der Waals surface area (Å²) in [4.78, 5) is 15.7. The number of rotatable bonds is 6. The van der Waals surface area contributed by atoms with Crippen LogP contribution in [0.4, 0.5) is 4.39 Å². The van der Waals surface area contributed by atoms with Crippen LogP contribution in [0, 0.1) is 5.82 Å². The zero-order chi connectivity index (χ0) is 14.5. The first kappa shape index (κ1) is 14.5. The van der Waals surface area contributed by atoms with E-state index in [1.54, 1.807) is 7.11 Å². The van der Waals surface area contributed by atoms with E-state index in [9.17, 15) is 9.18 Å². The van der Waals surface area contributed by atoms with Crippen LogP contribution in [-0.2, 0) is 22.5 Å². The number of carbonyl (C=O) groups is 1. The molecule has 0 unspecified atom stereocenters. The molecule has 2 heterocycles. The molecule has 2 aromatic rings. The molecule has 0 aromatic carbocycles. The topological polar surface area (TPSA) is 69.9 Å². The normalized spacial score (nSPS) is 10.8. The molecule has 0 fully saturated rings. The van der Waals surface area contributed by atoms with Crippen molar-refractivity contribution in [2.24, 2.45) is 0 Å². The molecule has 0 spiro atoms. The molecule has 0 amide bonds. The van der Waals surface area contributed by atoms with Gasteiger partial charge in [-0.2, -0.15) is 15.0 Å². The minimum Gasteiger partial charge on any atom is -0.383 e.